The molecule has 2 rings (SSSR count). The zero-order valence-electron chi connectivity index (χ0n) is 6.38. The van der Waals surface area contributed by atoms with Crippen LogP contribution in [-0.2, 0) is 9.47 Å². The summed E-state index contributed by atoms with van der Waals surface area (Å²) in [6.07, 6.45) is -2.27. The topological polar surface area (TPSA) is 63.3 Å². The van der Waals surface area contributed by atoms with Crippen molar-refractivity contribution >= 4 is 0 Å². The molecular weight excluding hydrogens is 162 g/mol. The van der Waals surface area contributed by atoms with Gasteiger partial charge in [-0.15, -0.1) is 0 Å². The Hall–Kier alpha value is -0.670. The van der Waals surface area contributed by atoms with Gasteiger partial charge in [-0.2, -0.15) is 0 Å². The smallest absolute Gasteiger partial charge is 0.388 e. The van der Waals surface area contributed by atoms with Crippen molar-refractivity contribution < 1.29 is 19.7 Å². The maximum Gasteiger partial charge on any atom is 0.441 e. The lowest BCUT2D eigenvalue weighted by atomic mass is 10.0. The number of hydrogen-bond donors (Lipinski definition) is 2. The summed E-state index contributed by atoms with van der Waals surface area (Å²) in [5.74, 6) is 0. The van der Waals surface area contributed by atoms with Crippen LogP contribution in [0.3, 0.4) is 0 Å². The highest BCUT2D eigenvalue weighted by Crippen LogP contribution is 2.38. The van der Waals surface area contributed by atoms with Crippen molar-refractivity contribution in [3.8, 4) is 6.57 Å². The maximum absolute atomic E-state index is 9.43. The first-order valence-corrected chi connectivity index (χ1v) is 3.74. The molecule has 5 heteroatoms. The van der Waals surface area contributed by atoms with Crippen molar-refractivity contribution in [1.82, 2.24) is 0 Å². The summed E-state index contributed by atoms with van der Waals surface area (Å²) >= 11 is 0. The maximum atomic E-state index is 9.43. The second-order valence-electron chi connectivity index (χ2n) is 3.03. The molecule has 5 nitrogen and oxygen atoms in total. The third-order valence-corrected chi connectivity index (χ3v) is 2.36. The van der Waals surface area contributed by atoms with Gasteiger partial charge < -0.3 is 14.9 Å². The van der Waals surface area contributed by atoms with Gasteiger partial charge in [-0.05, 0) is 4.85 Å². The van der Waals surface area contributed by atoms with Gasteiger partial charge in [0.2, 0.25) is 0 Å². The molecule has 66 valence electrons. The Morgan fingerprint density at radius 3 is 2.75 bits per heavy atom. The van der Waals surface area contributed by atoms with Gasteiger partial charge in [0.05, 0.1) is 13.2 Å². The van der Waals surface area contributed by atoms with Crippen LogP contribution in [0.25, 0.3) is 4.85 Å². The van der Waals surface area contributed by atoms with E-state index in [0.717, 1.165) is 0 Å². The van der Waals surface area contributed by atoms with E-state index in [0.29, 0.717) is 0 Å². The highest BCUT2D eigenvalue weighted by Gasteiger charge is 2.69. The summed E-state index contributed by atoms with van der Waals surface area (Å²) in [5.41, 5.74) is -1.24. The van der Waals surface area contributed by atoms with E-state index in [1.54, 1.807) is 0 Å². The lowest BCUT2D eigenvalue weighted by Gasteiger charge is -2.11. The van der Waals surface area contributed by atoms with Crippen LogP contribution >= 0.6 is 0 Å². The van der Waals surface area contributed by atoms with Crippen LogP contribution in [0.4, 0.5) is 0 Å². The molecule has 2 saturated heterocycles. The quantitative estimate of drug-likeness (QED) is 0.481. The molecule has 0 bridgehead atoms. The van der Waals surface area contributed by atoms with E-state index in [4.69, 9.17) is 16.0 Å². The van der Waals surface area contributed by atoms with Crippen LogP contribution in [0.2, 0.25) is 0 Å². The van der Waals surface area contributed by atoms with Crippen molar-refractivity contribution in [2.75, 3.05) is 13.2 Å². The Morgan fingerprint density at radius 1 is 1.42 bits per heavy atom. The van der Waals surface area contributed by atoms with Gasteiger partial charge in [-0.3, -0.25) is 4.74 Å². The summed E-state index contributed by atoms with van der Waals surface area (Å²) in [4.78, 5) is 3.46. The van der Waals surface area contributed by atoms with E-state index in [-0.39, 0.29) is 13.2 Å². The second-order valence-corrected chi connectivity index (χ2v) is 3.03. The molecule has 2 heterocycles. The minimum Gasteiger partial charge on any atom is -0.388 e. The van der Waals surface area contributed by atoms with Gasteiger partial charge in [0, 0.05) is 0 Å². The van der Waals surface area contributed by atoms with Crippen LogP contribution < -0.4 is 0 Å². The fourth-order valence-electron chi connectivity index (χ4n) is 1.69. The Morgan fingerprint density at radius 2 is 2.17 bits per heavy atom. The first kappa shape index (κ1) is 7.95. The number of nitrogens with zero attached hydrogens (tertiary/aromatic N) is 1. The first-order chi connectivity index (χ1) is 5.70. The predicted octanol–water partition coefficient (Wildman–Crippen LogP) is -1.20. The van der Waals surface area contributed by atoms with Gasteiger partial charge in [0.25, 0.3) is 6.57 Å². The van der Waals surface area contributed by atoms with E-state index >= 15 is 0 Å². The molecule has 0 aromatic rings. The Balaban J connectivity index is 2.32. The first-order valence-electron chi connectivity index (χ1n) is 3.74. The average molecular weight is 172 g/mol. The summed E-state index contributed by atoms with van der Waals surface area (Å²) in [5, 5.41) is 18.8. The third kappa shape index (κ3) is 0.753. The Bertz CT molecular complexity index is 238. The van der Waals surface area contributed by atoms with Gasteiger partial charge in [-0.1, -0.05) is 0 Å². The van der Waals surface area contributed by atoms with Crippen molar-refractivity contribution in [2.24, 2.45) is 0 Å². The lowest BCUT2D eigenvalue weighted by Crippen LogP contribution is -2.43. The van der Waals surface area contributed by atoms with E-state index in [1.165, 1.54) is 0 Å². The normalized spacial score (nSPS) is 51.9. The number of fused-ring (bicyclic) bond motifs is 1. The standard InChI is InChI=1S/C7H10NO4/c1-8-7-5(10)3-11-6(7)4(9)2-12-7/h1,4-6,9-10H,2-3H2/q+1/t4?,5?,6-,7-/m1/s1. The summed E-state index contributed by atoms with van der Waals surface area (Å²) in [7, 11) is 0. The molecule has 0 amide bonds. The van der Waals surface area contributed by atoms with Gasteiger partial charge in [-0.25, -0.2) is 0 Å². The molecule has 2 N–H and O–H groups in total. The highest BCUT2D eigenvalue weighted by molar-refractivity contribution is 5.13. The van der Waals surface area contributed by atoms with Gasteiger partial charge >= 0.3 is 5.72 Å². The predicted molar refractivity (Wildman–Crippen MR) is 38.7 cm³/mol. The lowest BCUT2D eigenvalue weighted by molar-refractivity contribution is -0.0417. The van der Waals surface area contributed by atoms with Gasteiger partial charge in [0.1, 0.15) is 6.10 Å². The minimum atomic E-state index is -1.24. The number of aliphatic hydroxyl groups excluding tert-OH is 2. The Kier molecular flexibility index (Phi) is 1.59. The summed E-state index contributed by atoms with van der Waals surface area (Å²) in [6, 6.07) is 0. The van der Waals surface area contributed by atoms with E-state index in [2.05, 4.69) is 4.85 Å². The number of hydrogen-bond acceptors (Lipinski definition) is 4. The molecule has 0 radical (unpaired) electrons. The van der Waals surface area contributed by atoms with Crippen molar-refractivity contribution in [1.29, 1.82) is 0 Å². The number of aliphatic hydroxyl groups is 2. The molecule has 4 atom stereocenters. The molecule has 0 aromatic carbocycles. The molecule has 2 aliphatic rings. The van der Waals surface area contributed by atoms with Crippen LogP contribution in [0.5, 0.6) is 0 Å². The number of ether oxygens (including phenoxy) is 2. The van der Waals surface area contributed by atoms with Crippen LogP contribution in [0, 0.1) is 6.57 Å². The van der Waals surface area contributed by atoms with E-state index < -0.39 is 24.0 Å². The van der Waals surface area contributed by atoms with Crippen molar-refractivity contribution in [3.63, 3.8) is 0 Å². The second kappa shape index (κ2) is 2.41. The van der Waals surface area contributed by atoms with Crippen LogP contribution in [0.15, 0.2) is 0 Å². The average Bonchev–Trinajstić information content (AvgIpc) is 2.55. The van der Waals surface area contributed by atoms with Crippen LogP contribution in [-0.4, -0.2) is 47.5 Å². The Labute approximate surface area is 69.3 Å². The fraction of sp³-hybridized carbons (Fsp3) is 0.857. The molecule has 0 spiro atoms. The molecule has 2 fully saturated rings. The monoisotopic (exact) mass is 172 g/mol. The molecule has 0 saturated carbocycles. The molecule has 2 unspecified atom stereocenters. The minimum absolute atomic E-state index is 0.0996. The van der Waals surface area contributed by atoms with E-state index in [9.17, 15) is 10.2 Å². The molecule has 0 aromatic heterocycles. The molecule has 2 aliphatic heterocycles. The highest BCUT2D eigenvalue weighted by atomic mass is 16.6. The van der Waals surface area contributed by atoms with Crippen molar-refractivity contribution in [2.45, 2.75) is 24.0 Å². The molecule has 0 aliphatic carbocycles. The van der Waals surface area contributed by atoms with Crippen LogP contribution in [0.1, 0.15) is 0 Å². The van der Waals surface area contributed by atoms with Gasteiger partial charge in [0.15, 0.2) is 12.2 Å². The molecule has 12 heavy (non-hydrogen) atoms. The summed E-state index contributed by atoms with van der Waals surface area (Å²) in [6.45, 7) is 5.31. The van der Waals surface area contributed by atoms with Crippen molar-refractivity contribution in [3.05, 3.63) is 4.85 Å². The fourth-order valence-corrected chi connectivity index (χ4v) is 1.69. The summed E-state index contributed by atoms with van der Waals surface area (Å²) < 4.78 is 10.2. The zero-order valence-corrected chi connectivity index (χ0v) is 6.38. The SMILES string of the molecule is C#[N+][C@]12OCC(O)[C@H]1OCC2O. The largest absolute Gasteiger partial charge is 0.441 e. The third-order valence-electron chi connectivity index (χ3n) is 2.36. The number of rotatable bonds is 0. The zero-order chi connectivity index (χ0) is 8.77. The van der Waals surface area contributed by atoms with E-state index in [1.807, 2.05) is 0 Å². The molecular formula is C7H10NO4+.